The van der Waals surface area contributed by atoms with Crippen molar-refractivity contribution in [3.8, 4) is 0 Å². The van der Waals surface area contributed by atoms with Crippen molar-refractivity contribution in [2.75, 3.05) is 13.2 Å². The number of carboxylic acids is 1. The Bertz CT molecular complexity index is 480. The third-order valence-corrected chi connectivity index (χ3v) is 3.86. The van der Waals surface area contributed by atoms with Gasteiger partial charge in [0.2, 0.25) is 5.91 Å². The maximum atomic E-state index is 11.8. The van der Waals surface area contributed by atoms with Gasteiger partial charge in [0.25, 0.3) is 0 Å². The van der Waals surface area contributed by atoms with Crippen LogP contribution >= 0.6 is 0 Å². The zero-order chi connectivity index (χ0) is 15.1. The van der Waals surface area contributed by atoms with Crippen molar-refractivity contribution in [1.82, 2.24) is 5.32 Å². The minimum absolute atomic E-state index is 0.0954. The van der Waals surface area contributed by atoms with Crippen molar-refractivity contribution in [3.05, 3.63) is 35.9 Å². The summed E-state index contributed by atoms with van der Waals surface area (Å²) in [7, 11) is 0. The molecule has 1 aromatic carbocycles. The summed E-state index contributed by atoms with van der Waals surface area (Å²) in [6.45, 7) is 0.347. The van der Waals surface area contributed by atoms with E-state index in [-0.39, 0.29) is 12.5 Å². The first-order valence-electron chi connectivity index (χ1n) is 7.28. The quantitative estimate of drug-likeness (QED) is 0.751. The molecule has 5 nitrogen and oxygen atoms in total. The maximum absolute atomic E-state index is 11.8. The molecule has 5 heteroatoms. The van der Waals surface area contributed by atoms with Crippen LogP contribution in [0.1, 0.15) is 31.2 Å². The molecule has 2 rings (SSSR count). The summed E-state index contributed by atoms with van der Waals surface area (Å²) in [6, 6.07) is 9.87. The zero-order valence-electron chi connectivity index (χ0n) is 12.0. The second kappa shape index (κ2) is 7.22. The number of amides is 1. The number of carbonyl (C=O) groups excluding carboxylic acids is 1. The summed E-state index contributed by atoms with van der Waals surface area (Å²) in [5.74, 6) is -1.30. The van der Waals surface area contributed by atoms with Gasteiger partial charge in [-0.05, 0) is 24.8 Å². The second-order valence-electron chi connectivity index (χ2n) is 5.43. The Morgan fingerprint density at radius 1 is 1.19 bits per heavy atom. The first-order chi connectivity index (χ1) is 10.1. The van der Waals surface area contributed by atoms with E-state index in [0.29, 0.717) is 19.4 Å². The minimum atomic E-state index is -1.08. The van der Waals surface area contributed by atoms with Crippen LogP contribution in [0.25, 0.3) is 0 Å². The fourth-order valence-corrected chi connectivity index (χ4v) is 2.67. The van der Waals surface area contributed by atoms with Gasteiger partial charge in [0.15, 0.2) is 0 Å². The highest BCUT2D eigenvalue weighted by atomic mass is 16.5. The van der Waals surface area contributed by atoms with Gasteiger partial charge in [0.1, 0.15) is 12.1 Å². The summed E-state index contributed by atoms with van der Waals surface area (Å²) in [4.78, 5) is 23.1. The number of hydrogen-bond donors (Lipinski definition) is 2. The van der Waals surface area contributed by atoms with Crippen LogP contribution in [0.5, 0.6) is 0 Å². The predicted molar refractivity (Wildman–Crippen MR) is 77.9 cm³/mol. The summed E-state index contributed by atoms with van der Waals surface area (Å²) in [5, 5.41) is 11.9. The highest BCUT2D eigenvalue weighted by Crippen LogP contribution is 2.29. The monoisotopic (exact) mass is 291 g/mol. The van der Waals surface area contributed by atoms with Gasteiger partial charge >= 0.3 is 5.97 Å². The summed E-state index contributed by atoms with van der Waals surface area (Å²) < 4.78 is 5.33. The number of benzene rings is 1. The fraction of sp³-hybridized carbons (Fsp3) is 0.500. The minimum Gasteiger partial charge on any atom is -0.480 e. The second-order valence-corrected chi connectivity index (χ2v) is 5.43. The topological polar surface area (TPSA) is 75.6 Å². The first kappa shape index (κ1) is 15.5. The van der Waals surface area contributed by atoms with Crippen LogP contribution in [0, 0.1) is 0 Å². The molecule has 1 aromatic rings. The van der Waals surface area contributed by atoms with Crippen molar-refractivity contribution < 1.29 is 19.4 Å². The van der Waals surface area contributed by atoms with Crippen molar-refractivity contribution in [2.45, 2.75) is 37.6 Å². The van der Waals surface area contributed by atoms with E-state index in [1.807, 2.05) is 30.3 Å². The average Bonchev–Trinajstić information content (AvgIpc) is 2.94. The Labute approximate surface area is 124 Å². The van der Waals surface area contributed by atoms with E-state index in [0.717, 1.165) is 24.8 Å². The molecule has 1 saturated carbocycles. The number of carboxylic acid groups (broad SMARTS) is 1. The fourth-order valence-electron chi connectivity index (χ4n) is 2.67. The number of hydrogen-bond acceptors (Lipinski definition) is 3. The lowest BCUT2D eigenvalue weighted by molar-refractivity contribution is -0.148. The molecule has 0 heterocycles. The molecule has 21 heavy (non-hydrogen) atoms. The van der Waals surface area contributed by atoms with Crippen LogP contribution in [-0.2, 0) is 20.7 Å². The molecule has 0 aliphatic heterocycles. The molecule has 0 atom stereocenters. The zero-order valence-corrected chi connectivity index (χ0v) is 12.0. The van der Waals surface area contributed by atoms with Crippen LogP contribution in [0.4, 0.5) is 0 Å². The van der Waals surface area contributed by atoms with Crippen molar-refractivity contribution in [1.29, 1.82) is 0 Å². The molecular weight excluding hydrogens is 270 g/mol. The Kier molecular flexibility index (Phi) is 5.33. The van der Waals surface area contributed by atoms with Crippen molar-refractivity contribution in [3.63, 3.8) is 0 Å². The number of aliphatic carboxylic acids is 1. The van der Waals surface area contributed by atoms with Gasteiger partial charge in [-0.2, -0.15) is 0 Å². The van der Waals surface area contributed by atoms with E-state index < -0.39 is 11.5 Å². The van der Waals surface area contributed by atoms with E-state index >= 15 is 0 Å². The van der Waals surface area contributed by atoms with E-state index in [1.54, 1.807) is 0 Å². The molecule has 2 N–H and O–H groups in total. The van der Waals surface area contributed by atoms with Crippen molar-refractivity contribution in [2.24, 2.45) is 0 Å². The smallest absolute Gasteiger partial charge is 0.329 e. The Morgan fingerprint density at radius 3 is 2.48 bits per heavy atom. The van der Waals surface area contributed by atoms with Gasteiger partial charge in [0, 0.05) is 0 Å². The summed E-state index contributed by atoms with van der Waals surface area (Å²) in [5.41, 5.74) is 0.0653. The normalized spacial score (nSPS) is 16.6. The van der Waals surface area contributed by atoms with Crippen molar-refractivity contribution >= 4 is 11.9 Å². The first-order valence-corrected chi connectivity index (χ1v) is 7.28. The summed E-state index contributed by atoms with van der Waals surface area (Å²) in [6.07, 6.45) is 3.40. The van der Waals surface area contributed by atoms with E-state index in [4.69, 9.17) is 4.74 Å². The molecule has 1 aliphatic carbocycles. The molecule has 0 radical (unpaired) electrons. The van der Waals surface area contributed by atoms with E-state index in [1.165, 1.54) is 0 Å². The molecule has 0 bridgehead atoms. The molecule has 0 aromatic heterocycles. The van der Waals surface area contributed by atoms with Gasteiger partial charge in [-0.3, -0.25) is 4.79 Å². The molecule has 0 unspecified atom stereocenters. The molecule has 114 valence electrons. The lowest BCUT2D eigenvalue weighted by atomic mass is 9.98. The average molecular weight is 291 g/mol. The molecular formula is C16H21NO4. The van der Waals surface area contributed by atoms with E-state index in [2.05, 4.69) is 5.32 Å². The molecule has 0 saturated heterocycles. The Hall–Kier alpha value is -1.88. The largest absolute Gasteiger partial charge is 0.480 e. The predicted octanol–water partition coefficient (Wildman–Crippen LogP) is 1.76. The highest BCUT2D eigenvalue weighted by molar-refractivity contribution is 5.87. The lowest BCUT2D eigenvalue weighted by Crippen LogP contribution is -2.53. The SMILES string of the molecule is O=C(COCCc1ccccc1)NC1(C(=O)O)CCCC1. The molecule has 0 spiro atoms. The molecule has 1 fully saturated rings. The van der Waals surface area contributed by atoms with Crippen LogP contribution in [-0.4, -0.2) is 35.7 Å². The van der Waals surface area contributed by atoms with Gasteiger partial charge in [-0.15, -0.1) is 0 Å². The third-order valence-electron chi connectivity index (χ3n) is 3.86. The highest BCUT2D eigenvalue weighted by Gasteiger charge is 2.42. The third kappa shape index (κ3) is 4.29. The molecule has 1 amide bonds. The number of carbonyl (C=O) groups is 2. The van der Waals surface area contributed by atoms with Gasteiger partial charge in [-0.1, -0.05) is 43.2 Å². The van der Waals surface area contributed by atoms with Crippen LogP contribution in [0.3, 0.4) is 0 Å². The Morgan fingerprint density at radius 2 is 1.86 bits per heavy atom. The summed E-state index contributed by atoms with van der Waals surface area (Å²) >= 11 is 0. The van der Waals surface area contributed by atoms with Crippen LogP contribution in [0.2, 0.25) is 0 Å². The van der Waals surface area contributed by atoms with E-state index in [9.17, 15) is 14.7 Å². The maximum Gasteiger partial charge on any atom is 0.329 e. The molecule has 1 aliphatic rings. The lowest BCUT2D eigenvalue weighted by Gasteiger charge is -2.25. The Balaban J connectivity index is 1.71. The van der Waals surface area contributed by atoms with Gasteiger partial charge in [0.05, 0.1) is 6.61 Å². The van der Waals surface area contributed by atoms with Gasteiger partial charge in [-0.25, -0.2) is 4.79 Å². The number of rotatable bonds is 7. The van der Waals surface area contributed by atoms with Crippen LogP contribution in [0.15, 0.2) is 30.3 Å². The van der Waals surface area contributed by atoms with Gasteiger partial charge < -0.3 is 15.2 Å². The van der Waals surface area contributed by atoms with Crippen LogP contribution < -0.4 is 5.32 Å². The number of nitrogens with one attached hydrogen (secondary N) is 1. The number of ether oxygens (including phenoxy) is 1. The standard InChI is InChI=1S/C16H21NO4/c18-14(17-16(15(19)20)9-4-5-10-16)12-21-11-8-13-6-2-1-3-7-13/h1-3,6-7H,4-5,8-12H2,(H,17,18)(H,19,20).